The molecule has 1 aromatic rings. The lowest BCUT2D eigenvalue weighted by atomic mass is 10.1. The molecule has 1 rings (SSSR count). The minimum absolute atomic E-state index is 0.179. The van der Waals surface area contributed by atoms with Gasteiger partial charge in [0.15, 0.2) is 0 Å². The lowest BCUT2D eigenvalue weighted by Crippen LogP contribution is -2.41. The number of nitrogens with one attached hydrogen (secondary N) is 2. The number of rotatable bonds is 5. The summed E-state index contributed by atoms with van der Waals surface area (Å²) in [7, 11) is 0. The molecule has 1 aromatic carbocycles. The lowest BCUT2D eigenvalue weighted by Gasteiger charge is -2.21. The Morgan fingerprint density at radius 1 is 1.29 bits per heavy atom. The van der Waals surface area contributed by atoms with Crippen molar-refractivity contribution < 1.29 is 9.53 Å². The molecule has 4 heteroatoms. The number of ether oxygens (including phenoxy) is 1. The van der Waals surface area contributed by atoms with Crippen LogP contribution in [0.4, 0.5) is 4.79 Å². The molecule has 2 N–H and O–H groups in total. The Morgan fingerprint density at radius 3 is 2.52 bits per heavy atom. The van der Waals surface area contributed by atoms with E-state index in [0.717, 1.165) is 6.54 Å². The third-order valence-electron chi connectivity index (χ3n) is 3.09. The molecule has 0 bridgehead atoms. The second-order valence-electron chi connectivity index (χ2n) is 6.59. The number of amides is 1. The van der Waals surface area contributed by atoms with Gasteiger partial charge in [0.1, 0.15) is 5.60 Å². The van der Waals surface area contributed by atoms with E-state index in [1.54, 1.807) is 0 Å². The molecule has 0 radical (unpaired) electrons. The molecule has 0 aromatic heterocycles. The van der Waals surface area contributed by atoms with E-state index >= 15 is 0 Å². The van der Waals surface area contributed by atoms with Crippen molar-refractivity contribution in [2.45, 2.75) is 59.7 Å². The Kier molecular flexibility index (Phi) is 6.21. The first-order valence-electron chi connectivity index (χ1n) is 7.44. The van der Waals surface area contributed by atoms with Gasteiger partial charge in [0.25, 0.3) is 0 Å². The standard InChI is InChI=1S/C17H28N2O2/c1-12-7-8-15(13(2)9-12)11-18-14(3)10-19-16(20)21-17(4,5)6/h7-9,14,18H,10-11H2,1-6H3,(H,19,20). The molecule has 1 atom stereocenters. The van der Waals surface area contributed by atoms with Crippen molar-refractivity contribution in [3.8, 4) is 0 Å². The van der Waals surface area contributed by atoms with E-state index in [1.165, 1.54) is 16.7 Å². The summed E-state index contributed by atoms with van der Waals surface area (Å²) >= 11 is 0. The summed E-state index contributed by atoms with van der Waals surface area (Å²) in [6, 6.07) is 6.62. The van der Waals surface area contributed by atoms with Crippen molar-refractivity contribution in [2.24, 2.45) is 0 Å². The molecule has 0 saturated heterocycles. The van der Waals surface area contributed by atoms with E-state index in [-0.39, 0.29) is 12.1 Å². The molecular formula is C17H28N2O2. The Morgan fingerprint density at radius 2 is 1.95 bits per heavy atom. The summed E-state index contributed by atoms with van der Waals surface area (Å²) in [6.07, 6.45) is -0.373. The Balaban J connectivity index is 2.34. The zero-order valence-corrected chi connectivity index (χ0v) is 14.0. The van der Waals surface area contributed by atoms with Crippen LogP contribution in [0.3, 0.4) is 0 Å². The quantitative estimate of drug-likeness (QED) is 0.875. The van der Waals surface area contributed by atoms with Crippen LogP contribution in [0.2, 0.25) is 0 Å². The number of carbonyl (C=O) groups is 1. The van der Waals surface area contributed by atoms with E-state index in [2.05, 4.69) is 42.7 Å². The van der Waals surface area contributed by atoms with E-state index in [0.29, 0.717) is 6.54 Å². The predicted octanol–water partition coefficient (Wildman–Crippen LogP) is 3.31. The highest BCUT2D eigenvalue weighted by Crippen LogP contribution is 2.10. The van der Waals surface area contributed by atoms with Gasteiger partial charge >= 0.3 is 6.09 Å². The Bertz CT molecular complexity index is 478. The van der Waals surface area contributed by atoms with Gasteiger partial charge in [0.2, 0.25) is 0 Å². The van der Waals surface area contributed by atoms with Crippen LogP contribution in [-0.4, -0.2) is 24.3 Å². The van der Waals surface area contributed by atoms with Gasteiger partial charge in [0.05, 0.1) is 0 Å². The minimum Gasteiger partial charge on any atom is -0.444 e. The normalized spacial score (nSPS) is 12.9. The molecule has 4 nitrogen and oxygen atoms in total. The molecule has 0 aliphatic rings. The monoisotopic (exact) mass is 292 g/mol. The summed E-state index contributed by atoms with van der Waals surface area (Å²) in [5.74, 6) is 0. The fourth-order valence-electron chi connectivity index (χ4n) is 1.95. The summed E-state index contributed by atoms with van der Waals surface area (Å²) in [5.41, 5.74) is 3.38. The maximum Gasteiger partial charge on any atom is 0.407 e. The van der Waals surface area contributed by atoms with Crippen LogP contribution in [-0.2, 0) is 11.3 Å². The number of carbonyl (C=O) groups excluding carboxylic acids is 1. The van der Waals surface area contributed by atoms with E-state index in [1.807, 2.05) is 27.7 Å². The second-order valence-corrected chi connectivity index (χ2v) is 6.59. The number of hydrogen-bond acceptors (Lipinski definition) is 3. The summed E-state index contributed by atoms with van der Waals surface area (Å²) in [6.45, 7) is 13.2. The van der Waals surface area contributed by atoms with Gasteiger partial charge in [-0.1, -0.05) is 23.8 Å². The number of hydrogen-bond donors (Lipinski definition) is 2. The number of aryl methyl sites for hydroxylation is 2. The fourth-order valence-corrected chi connectivity index (χ4v) is 1.95. The zero-order valence-electron chi connectivity index (χ0n) is 14.0. The summed E-state index contributed by atoms with van der Waals surface area (Å²) in [5, 5.41) is 6.18. The van der Waals surface area contributed by atoms with Crippen molar-refractivity contribution in [3.05, 3.63) is 34.9 Å². The van der Waals surface area contributed by atoms with Gasteiger partial charge in [-0.05, 0) is 52.7 Å². The second kappa shape index (κ2) is 7.46. The highest BCUT2D eigenvalue weighted by atomic mass is 16.6. The fraction of sp³-hybridized carbons (Fsp3) is 0.588. The van der Waals surface area contributed by atoms with Crippen LogP contribution in [0.25, 0.3) is 0 Å². The number of alkyl carbamates (subject to hydrolysis) is 1. The van der Waals surface area contributed by atoms with E-state index < -0.39 is 5.60 Å². The molecule has 0 aliphatic carbocycles. The molecule has 1 unspecified atom stereocenters. The maximum atomic E-state index is 11.6. The predicted molar refractivity (Wildman–Crippen MR) is 86.5 cm³/mol. The maximum absolute atomic E-state index is 11.6. The topological polar surface area (TPSA) is 50.4 Å². The van der Waals surface area contributed by atoms with Crippen LogP contribution >= 0.6 is 0 Å². The van der Waals surface area contributed by atoms with Gasteiger partial charge in [-0.2, -0.15) is 0 Å². The molecule has 118 valence electrons. The highest BCUT2D eigenvalue weighted by molar-refractivity contribution is 5.67. The average Bonchev–Trinajstić information content (AvgIpc) is 2.33. The molecular weight excluding hydrogens is 264 g/mol. The largest absolute Gasteiger partial charge is 0.444 e. The van der Waals surface area contributed by atoms with Crippen molar-refractivity contribution in [1.29, 1.82) is 0 Å². The van der Waals surface area contributed by atoms with Gasteiger partial charge < -0.3 is 15.4 Å². The third kappa shape index (κ3) is 7.14. The third-order valence-corrected chi connectivity index (χ3v) is 3.09. The zero-order chi connectivity index (χ0) is 16.0. The SMILES string of the molecule is Cc1ccc(CNC(C)CNC(=O)OC(C)(C)C)c(C)c1. The molecule has 0 aliphatic heterocycles. The molecule has 0 heterocycles. The molecule has 0 saturated carbocycles. The van der Waals surface area contributed by atoms with Crippen molar-refractivity contribution in [1.82, 2.24) is 10.6 Å². The molecule has 21 heavy (non-hydrogen) atoms. The Labute approximate surface area is 128 Å². The molecule has 0 spiro atoms. The highest BCUT2D eigenvalue weighted by Gasteiger charge is 2.16. The first kappa shape index (κ1) is 17.5. The van der Waals surface area contributed by atoms with Crippen LogP contribution in [0.5, 0.6) is 0 Å². The Hall–Kier alpha value is -1.55. The van der Waals surface area contributed by atoms with Crippen LogP contribution in [0.15, 0.2) is 18.2 Å². The first-order chi connectivity index (χ1) is 9.67. The number of benzene rings is 1. The van der Waals surface area contributed by atoms with Crippen molar-refractivity contribution in [2.75, 3.05) is 6.54 Å². The van der Waals surface area contributed by atoms with Crippen molar-refractivity contribution >= 4 is 6.09 Å². The average molecular weight is 292 g/mol. The van der Waals surface area contributed by atoms with E-state index in [4.69, 9.17) is 4.74 Å². The van der Waals surface area contributed by atoms with Gasteiger partial charge in [-0.15, -0.1) is 0 Å². The van der Waals surface area contributed by atoms with Gasteiger partial charge in [-0.25, -0.2) is 4.79 Å². The summed E-state index contributed by atoms with van der Waals surface area (Å²) < 4.78 is 5.21. The van der Waals surface area contributed by atoms with Crippen molar-refractivity contribution in [3.63, 3.8) is 0 Å². The van der Waals surface area contributed by atoms with Crippen LogP contribution < -0.4 is 10.6 Å². The first-order valence-corrected chi connectivity index (χ1v) is 7.44. The summed E-state index contributed by atoms with van der Waals surface area (Å²) in [4.78, 5) is 11.6. The smallest absolute Gasteiger partial charge is 0.407 e. The van der Waals surface area contributed by atoms with Crippen LogP contribution in [0, 0.1) is 13.8 Å². The van der Waals surface area contributed by atoms with Gasteiger partial charge in [0, 0.05) is 19.1 Å². The molecule has 1 amide bonds. The minimum atomic E-state index is -0.459. The molecule has 0 fully saturated rings. The lowest BCUT2D eigenvalue weighted by molar-refractivity contribution is 0.0523. The van der Waals surface area contributed by atoms with Crippen LogP contribution in [0.1, 0.15) is 44.4 Å². The van der Waals surface area contributed by atoms with Gasteiger partial charge in [-0.3, -0.25) is 0 Å². The van der Waals surface area contributed by atoms with E-state index in [9.17, 15) is 4.79 Å².